The molecule has 0 aliphatic heterocycles. The lowest BCUT2D eigenvalue weighted by atomic mass is 10.2. The number of pyridine rings is 1. The highest BCUT2D eigenvalue weighted by molar-refractivity contribution is 6.33. The summed E-state index contributed by atoms with van der Waals surface area (Å²) in [4.78, 5) is 15.2. The predicted molar refractivity (Wildman–Crippen MR) is 56.1 cm³/mol. The summed E-state index contributed by atoms with van der Waals surface area (Å²) in [5.41, 5.74) is 5.47. The van der Waals surface area contributed by atoms with Gasteiger partial charge in [-0.2, -0.15) is 0 Å². The van der Waals surface area contributed by atoms with E-state index in [0.29, 0.717) is 10.8 Å². The Bertz CT molecular complexity index is 328. The highest BCUT2D eigenvalue weighted by atomic mass is 35.5. The molecule has 1 atom stereocenters. The van der Waals surface area contributed by atoms with Crippen molar-refractivity contribution in [1.82, 2.24) is 4.98 Å². The molecule has 0 saturated heterocycles. The molecule has 0 spiro atoms. The van der Waals surface area contributed by atoms with Gasteiger partial charge in [-0.25, -0.2) is 4.98 Å². The largest absolute Gasteiger partial charge is 0.327 e. The normalized spacial score (nSPS) is 12.2. The monoisotopic (exact) mass is 213 g/mol. The first kappa shape index (κ1) is 10.9. The van der Waals surface area contributed by atoms with E-state index in [1.807, 2.05) is 0 Å². The number of nitrogens with zero attached hydrogens (tertiary/aromatic N) is 1. The van der Waals surface area contributed by atoms with Crippen LogP contribution in [0.2, 0.25) is 5.02 Å². The van der Waals surface area contributed by atoms with Gasteiger partial charge in [0, 0.05) is 18.7 Å². The number of nitrogens with two attached hydrogens (primary N) is 1. The van der Waals surface area contributed by atoms with Crippen molar-refractivity contribution in [2.24, 2.45) is 5.73 Å². The van der Waals surface area contributed by atoms with Gasteiger partial charge in [-0.15, -0.1) is 0 Å². The lowest BCUT2D eigenvalue weighted by Gasteiger charge is -2.07. The Kier molecular flexibility index (Phi) is 3.85. The van der Waals surface area contributed by atoms with Gasteiger partial charge >= 0.3 is 0 Å². The summed E-state index contributed by atoms with van der Waals surface area (Å²) < 4.78 is 0. The molecule has 0 bridgehead atoms. The van der Waals surface area contributed by atoms with Crippen LogP contribution in [0.1, 0.15) is 13.3 Å². The molecule has 3 N–H and O–H groups in total. The molecule has 1 heterocycles. The van der Waals surface area contributed by atoms with Crippen molar-refractivity contribution in [3.05, 3.63) is 23.4 Å². The van der Waals surface area contributed by atoms with E-state index in [-0.39, 0.29) is 18.4 Å². The van der Waals surface area contributed by atoms with E-state index < -0.39 is 0 Å². The molecule has 14 heavy (non-hydrogen) atoms. The average Bonchev–Trinajstić information content (AvgIpc) is 2.07. The Balaban J connectivity index is 2.61. The lowest BCUT2D eigenvalue weighted by Crippen LogP contribution is -2.24. The molecule has 0 saturated carbocycles. The summed E-state index contributed by atoms with van der Waals surface area (Å²) in [5.74, 6) is 0.195. The maximum Gasteiger partial charge on any atom is 0.227 e. The number of carbonyl (C=O) groups excluding carboxylic acids is 1. The summed E-state index contributed by atoms with van der Waals surface area (Å²) in [6.45, 7) is 1.76. The van der Waals surface area contributed by atoms with Gasteiger partial charge in [-0.1, -0.05) is 11.6 Å². The third-order valence-corrected chi connectivity index (χ3v) is 1.83. The van der Waals surface area contributed by atoms with Gasteiger partial charge in [0.25, 0.3) is 0 Å². The third-order valence-electron chi connectivity index (χ3n) is 1.52. The molecule has 0 radical (unpaired) electrons. The standard InChI is InChI=1S/C9H12ClN3O/c1-6(11)5-8(14)13-9-7(10)3-2-4-12-9/h2-4,6H,5,11H2,1H3,(H,12,13,14). The van der Waals surface area contributed by atoms with Crippen LogP contribution in [0.15, 0.2) is 18.3 Å². The summed E-state index contributed by atoms with van der Waals surface area (Å²) in [6.07, 6.45) is 1.82. The Morgan fingerprint density at radius 3 is 3.07 bits per heavy atom. The number of anilines is 1. The number of halogens is 1. The molecule has 1 amide bonds. The Hall–Kier alpha value is -1.13. The minimum Gasteiger partial charge on any atom is -0.327 e. The van der Waals surface area contributed by atoms with Crippen molar-refractivity contribution in [1.29, 1.82) is 0 Å². The fourth-order valence-electron chi connectivity index (χ4n) is 0.953. The quantitative estimate of drug-likeness (QED) is 0.798. The fraction of sp³-hybridized carbons (Fsp3) is 0.333. The maximum atomic E-state index is 11.3. The van der Waals surface area contributed by atoms with Crippen LogP contribution in [0.25, 0.3) is 0 Å². The Morgan fingerprint density at radius 1 is 1.79 bits per heavy atom. The second-order valence-electron chi connectivity index (χ2n) is 3.06. The number of carbonyl (C=O) groups is 1. The molecule has 0 aliphatic carbocycles. The third kappa shape index (κ3) is 3.32. The van der Waals surface area contributed by atoms with E-state index in [2.05, 4.69) is 10.3 Å². The van der Waals surface area contributed by atoms with E-state index in [4.69, 9.17) is 17.3 Å². The van der Waals surface area contributed by atoms with Crippen molar-refractivity contribution in [2.45, 2.75) is 19.4 Å². The van der Waals surface area contributed by atoms with E-state index in [1.54, 1.807) is 25.3 Å². The van der Waals surface area contributed by atoms with Gasteiger partial charge < -0.3 is 11.1 Å². The van der Waals surface area contributed by atoms with Crippen LogP contribution in [0.4, 0.5) is 5.82 Å². The highest BCUT2D eigenvalue weighted by Gasteiger charge is 2.07. The smallest absolute Gasteiger partial charge is 0.227 e. The van der Waals surface area contributed by atoms with Gasteiger partial charge in [0.1, 0.15) is 0 Å². The van der Waals surface area contributed by atoms with Crippen molar-refractivity contribution in [3.63, 3.8) is 0 Å². The van der Waals surface area contributed by atoms with Crippen molar-refractivity contribution in [2.75, 3.05) is 5.32 Å². The van der Waals surface area contributed by atoms with Crippen LogP contribution in [-0.4, -0.2) is 16.9 Å². The number of hydrogen-bond donors (Lipinski definition) is 2. The van der Waals surface area contributed by atoms with Crippen molar-refractivity contribution in [3.8, 4) is 0 Å². The number of hydrogen-bond acceptors (Lipinski definition) is 3. The molecule has 1 aromatic rings. The molecule has 76 valence electrons. The number of amides is 1. The Morgan fingerprint density at radius 2 is 2.50 bits per heavy atom. The molecular weight excluding hydrogens is 202 g/mol. The molecule has 1 aromatic heterocycles. The van der Waals surface area contributed by atoms with Gasteiger partial charge in [0.15, 0.2) is 5.82 Å². The van der Waals surface area contributed by atoms with Crippen molar-refractivity contribution >= 4 is 23.3 Å². The SMILES string of the molecule is CC(N)CC(=O)Nc1ncccc1Cl. The first-order valence-corrected chi connectivity index (χ1v) is 4.63. The molecule has 5 heteroatoms. The number of rotatable bonds is 3. The Labute approximate surface area is 87.5 Å². The van der Waals surface area contributed by atoms with E-state index in [0.717, 1.165) is 0 Å². The average molecular weight is 214 g/mol. The van der Waals surface area contributed by atoms with Crippen LogP contribution in [0, 0.1) is 0 Å². The summed E-state index contributed by atoms with van der Waals surface area (Å²) >= 11 is 5.80. The topological polar surface area (TPSA) is 68.0 Å². The van der Waals surface area contributed by atoms with Crippen LogP contribution in [0.5, 0.6) is 0 Å². The molecule has 0 aliphatic rings. The van der Waals surface area contributed by atoms with Gasteiger partial charge in [0.2, 0.25) is 5.91 Å². The molecule has 1 rings (SSSR count). The van der Waals surface area contributed by atoms with Crippen LogP contribution < -0.4 is 11.1 Å². The van der Waals surface area contributed by atoms with Crippen LogP contribution in [-0.2, 0) is 4.79 Å². The van der Waals surface area contributed by atoms with Gasteiger partial charge in [-0.3, -0.25) is 4.79 Å². The predicted octanol–water partition coefficient (Wildman–Crippen LogP) is 1.41. The molecular formula is C9H12ClN3O. The van der Waals surface area contributed by atoms with Crippen LogP contribution >= 0.6 is 11.6 Å². The molecule has 4 nitrogen and oxygen atoms in total. The number of aromatic nitrogens is 1. The van der Waals surface area contributed by atoms with Crippen LogP contribution in [0.3, 0.4) is 0 Å². The van der Waals surface area contributed by atoms with E-state index >= 15 is 0 Å². The highest BCUT2D eigenvalue weighted by Crippen LogP contribution is 2.17. The zero-order valence-corrected chi connectivity index (χ0v) is 8.58. The van der Waals surface area contributed by atoms with Gasteiger partial charge in [0.05, 0.1) is 5.02 Å². The second kappa shape index (κ2) is 4.93. The zero-order chi connectivity index (χ0) is 10.6. The fourth-order valence-corrected chi connectivity index (χ4v) is 1.12. The van der Waals surface area contributed by atoms with E-state index in [1.165, 1.54) is 0 Å². The first-order valence-electron chi connectivity index (χ1n) is 4.25. The molecule has 0 aromatic carbocycles. The summed E-state index contributed by atoms with van der Waals surface area (Å²) in [6, 6.07) is 3.19. The maximum absolute atomic E-state index is 11.3. The number of nitrogens with one attached hydrogen (secondary N) is 1. The summed E-state index contributed by atoms with van der Waals surface area (Å²) in [5, 5.41) is 3.00. The minimum absolute atomic E-state index is 0.169. The molecule has 1 unspecified atom stereocenters. The lowest BCUT2D eigenvalue weighted by molar-refractivity contribution is -0.116. The second-order valence-corrected chi connectivity index (χ2v) is 3.47. The minimum atomic E-state index is -0.180. The zero-order valence-electron chi connectivity index (χ0n) is 7.83. The van der Waals surface area contributed by atoms with Gasteiger partial charge in [-0.05, 0) is 19.1 Å². The first-order chi connectivity index (χ1) is 6.59. The molecule has 0 fully saturated rings. The summed E-state index contributed by atoms with van der Waals surface area (Å²) in [7, 11) is 0. The van der Waals surface area contributed by atoms with E-state index in [9.17, 15) is 4.79 Å². The van der Waals surface area contributed by atoms with Crippen molar-refractivity contribution < 1.29 is 4.79 Å².